The lowest BCUT2D eigenvalue weighted by molar-refractivity contribution is 0.313. The Labute approximate surface area is 818 Å². The molecule has 0 spiro atoms. The second-order valence-corrected chi connectivity index (χ2v) is 45.1. The van der Waals surface area contributed by atoms with E-state index in [1.807, 2.05) is 57.2 Å². The lowest BCUT2D eigenvalue weighted by Gasteiger charge is -2.37. The highest BCUT2D eigenvalue weighted by molar-refractivity contribution is 7.82. The van der Waals surface area contributed by atoms with Gasteiger partial charge in [0.1, 0.15) is 46.0 Å². The molecular formula is C113H142O8S8. The smallest absolute Gasteiger partial charge is 0.123 e. The van der Waals surface area contributed by atoms with Crippen LogP contribution in [0, 0.1) is 20.8 Å². The quantitative estimate of drug-likeness (QED) is 0.0145. The predicted molar refractivity (Wildman–Crippen MR) is 574 cm³/mol. The van der Waals surface area contributed by atoms with Gasteiger partial charge in [0.05, 0.1) is 63.7 Å². The predicted octanol–water partition coefficient (Wildman–Crippen LogP) is 29.3. The largest absolute Gasteiger partial charge is 0.492 e. The zero-order valence-corrected chi connectivity index (χ0v) is 87.1. The van der Waals surface area contributed by atoms with E-state index in [1.165, 1.54) is 83.5 Å². The maximum absolute atomic E-state index is 6.44. The van der Waals surface area contributed by atoms with Gasteiger partial charge in [-0.05, 0) is 247 Å². The molecule has 0 heterocycles. The van der Waals surface area contributed by atoms with E-state index in [-0.39, 0.29) is 70.1 Å². The fourth-order valence-corrected chi connectivity index (χ4v) is 17.6. The van der Waals surface area contributed by atoms with Gasteiger partial charge in [-0.2, -0.15) is 101 Å². The summed E-state index contributed by atoms with van der Waals surface area (Å²) in [5, 5.41) is 1.37. The van der Waals surface area contributed by atoms with E-state index in [4.69, 9.17) is 37.9 Å². The number of hydrogen-bond donors (Lipinski definition) is 8. The van der Waals surface area contributed by atoms with Crippen molar-refractivity contribution in [2.75, 3.05) is 52.9 Å². The minimum absolute atomic E-state index is 0.0756. The van der Waals surface area contributed by atoms with Crippen LogP contribution in [0.5, 0.6) is 46.0 Å². The van der Waals surface area contributed by atoms with Crippen LogP contribution in [-0.2, 0) is 27.1 Å². The topological polar surface area (TPSA) is 73.8 Å². The van der Waals surface area contributed by atoms with Crippen LogP contribution in [0.3, 0.4) is 0 Å². The summed E-state index contributed by atoms with van der Waals surface area (Å²) >= 11 is 36.3. The van der Waals surface area contributed by atoms with Crippen LogP contribution in [0.4, 0.5) is 0 Å². The third-order valence-corrected chi connectivity index (χ3v) is 25.7. The van der Waals surface area contributed by atoms with E-state index in [1.54, 1.807) is 0 Å². The molecule has 0 fully saturated rings. The number of ether oxygens (including phenoxy) is 8. The molecule has 0 saturated heterocycles. The van der Waals surface area contributed by atoms with E-state index >= 15 is 0 Å². The minimum Gasteiger partial charge on any atom is -0.492 e. The van der Waals surface area contributed by atoms with Crippen LogP contribution < -0.4 is 37.9 Å². The van der Waals surface area contributed by atoms with Gasteiger partial charge in [0, 0.05) is 47.9 Å². The summed E-state index contributed by atoms with van der Waals surface area (Å²) in [5.74, 6) is 7.46. The summed E-state index contributed by atoms with van der Waals surface area (Å²) in [6.07, 6.45) is 2.89. The number of thiol groups is 8. The molecular weight excluding hydrogens is 1740 g/mol. The molecule has 9 atom stereocenters. The number of hydrogen-bond acceptors (Lipinski definition) is 16. The normalized spacial score (nSPS) is 15.2. The average Bonchev–Trinajstić information content (AvgIpc) is 1.52. The van der Waals surface area contributed by atoms with Gasteiger partial charge in [0.15, 0.2) is 0 Å². The van der Waals surface area contributed by atoms with Crippen molar-refractivity contribution in [1.82, 2.24) is 0 Å². The standard InChI is InChI=1S/C46H70O3S3.C34H38O3S3.C33H34O2S2/c1-27(34-21-38(44(8,9)10)41(18-28(34)2)47-24-31(5)50)17-37(35-22-39(45(11,12)13)42(19-29(35)3)48-25-32(6)51)36-23-40(46(14,15)16)43(20-30(36)4)49-26-33(7)52;1-24(38)21-35-31-15-9-28(10-16-31)34(27-7-5-4-6-8-27,29-11-17-32(18-12-29)36-22-25(2)39)30-13-19-33(20-14-30)37-23-26(3)40;1-3-27(36)21-34-25-17-13-23(14-18-25)33(24-15-19-26(20-16-24)35-22-28(37)4-2)31-11-7-5-9-29(31)30-10-6-8-12-32(30)33/h18-23,27,31-33,37,50-52H,17,24-26H2,1-16H3;4-20,24-26,38-40H,21-23H2,1-3H3;5-20,27-28,36-37H,3-4,21-22H2,1-2H3. The molecule has 9 unspecified atom stereocenters. The van der Waals surface area contributed by atoms with Crippen LogP contribution in [0.1, 0.15) is 250 Å². The molecule has 0 bridgehead atoms. The van der Waals surface area contributed by atoms with Gasteiger partial charge in [-0.3, -0.25) is 0 Å². The summed E-state index contributed by atoms with van der Waals surface area (Å²) in [5.41, 5.74) is 22.3. The highest BCUT2D eigenvalue weighted by Crippen LogP contribution is 2.57. The zero-order valence-electron chi connectivity index (χ0n) is 79.9. The second kappa shape index (κ2) is 47.0. The van der Waals surface area contributed by atoms with Crippen LogP contribution in [0.15, 0.2) is 237 Å². The molecule has 129 heavy (non-hydrogen) atoms. The van der Waals surface area contributed by atoms with Gasteiger partial charge < -0.3 is 37.9 Å². The van der Waals surface area contributed by atoms with Crippen LogP contribution >= 0.6 is 101 Å². The molecule has 0 amide bonds. The van der Waals surface area contributed by atoms with Gasteiger partial charge in [0.25, 0.3) is 0 Å². The third-order valence-electron chi connectivity index (χ3n) is 23.7. The molecule has 1 aliphatic carbocycles. The maximum atomic E-state index is 6.44. The van der Waals surface area contributed by atoms with E-state index in [0.717, 1.165) is 87.5 Å². The van der Waals surface area contributed by atoms with Gasteiger partial charge in [-0.25, -0.2) is 0 Å². The average molecular weight is 1880 g/mol. The van der Waals surface area contributed by atoms with Crippen molar-refractivity contribution in [2.45, 2.75) is 246 Å². The van der Waals surface area contributed by atoms with Gasteiger partial charge in [-0.15, -0.1) is 0 Å². The Balaban J connectivity index is 0.000000205. The second-order valence-electron chi connectivity index (χ2n) is 38.3. The maximum Gasteiger partial charge on any atom is 0.123 e. The monoisotopic (exact) mass is 1880 g/mol. The lowest BCUT2D eigenvalue weighted by Crippen LogP contribution is -2.31. The molecule has 1 aliphatic rings. The van der Waals surface area contributed by atoms with Crippen molar-refractivity contribution in [2.24, 2.45) is 0 Å². The van der Waals surface area contributed by atoms with Crippen molar-refractivity contribution < 1.29 is 37.9 Å². The highest BCUT2D eigenvalue weighted by atomic mass is 32.1. The number of aryl methyl sites for hydroxylation is 3. The summed E-state index contributed by atoms with van der Waals surface area (Å²) in [4.78, 5) is 0. The molecule has 0 N–H and O–H groups in total. The Hall–Kier alpha value is -7.38. The Kier molecular flexibility index (Phi) is 37.8. The number of benzene rings is 11. The van der Waals surface area contributed by atoms with Crippen molar-refractivity contribution in [3.63, 3.8) is 0 Å². The molecule has 0 saturated carbocycles. The van der Waals surface area contributed by atoms with E-state index < -0.39 is 10.8 Å². The van der Waals surface area contributed by atoms with Crippen LogP contribution in [0.2, 0.25) is 0 Å². The molecule has 12 rings (SSSR count). The number of fused-ring (bicyclic) bond motifs is 3. The number of rotatable bonds is 37. The zero-order chi connectivity index (χ0) is 93.9. The molecule has 0 radical (unpaired) electrons. The molecule has 8 nitrogen and oxygen atoms in total. The van der Waals surface area contributed by atoms with Gasteiger partial charge in [0.2, 0.25) is 0 Å². The summed E-state index contributed by atoms with van der Waals surface area (Å²) < 4.78 is 49.2. The molecule has 0 aromatic heterocycles. The summed E-state index contributed by atoms with van der Waals surface area (Å²) in [6.45, 7) is 50.7. The van der Waals surface area contributed by atoms with Crippen molar-refractivity contribution in [3.8, 4) is 57.1 Å². The fourth-order valence-electron chi connectivity index (χ4n) is 17.0. The van der Waals surface area contributed by atoms with E-state index in [9.17, 15) is 0 Å². The fraction of sp³-hybridized carbons (Fsp3) is 0.416. The lowest BCUT2D eigenvalue weighted by atomic mass is 9.65. The molecule has 0 aliphatic heterocycles. The molecule has 16 heteroatoms. The Bertz CT molecular complexity index is 5020. The first-order valence-electron chi connectivity index (χ1n) is 45.9. The Morgan fingerprint density at radius 3 is 0.837 bits per heavy atom. The minimum atomic E-state index is -0.596. The SMILES string of the molecule is CC(S)COc1ccc(C(c2ccccc2)(c2ccc(OCC(C)S)cc2)c2ccc(OCC(C)S)cc2)cc1.CCC(S)COc1ccc(C2(c3ccc(OCC(S)CC)cc3)c3ccccc3-c3ccccc32)cc1.Cc1cc(OCC(C)S)c(C(C)(C)C)cc1C(C)CC(c1cc(C(C)(C)C)c(OCC(C)S)cc1C)c1cc(C(C)(C)C)c(OCC(C)S)cc1C. The van der Waals surface area contributed by atoms with Gasteiger partial charge >= 0.3 is 0 Å². The van der Waals surface area contributed by atoms with Crippen LogP contribution in [0.25, 0.3) is 11.1 Å². The summed E-state index contributed by atoms with van der Waals surface area (Å²) in [6, 6.07) is 84.7. The summed E-state index contributed by atoms with van der Waals surface area (Å²) in [7, 11) is 0. The molecule has 11 aromatic rings. The first-order chi connectivity index (χ1) is 61.2. The van der Waals surface area contributed by atoms with Crippen molar-refractivity contribution in [1.29, 1.82) is 0 Å². The Morgan fingerprint density at radius 2 is 0.543 bits per heavy atom. The Morgan fingerprint density at radius 1 is 0.287 bits per heavy atom. The van der Waals surface area contributed by atoms with Gasteiger partial charge in [-0.1, -0.05) is 282 Å². The van der Waals surface area contributed by atoms with Crippen LogP contribution in [-0.4, -0.2) is 94.9 Å². The van der Waals surface area contributed by atoms with E-state index in [2.05, 4.69) is 426 Å². The highest BCUT2D eigenvalue weighted by Gasteiger charge is 2.46. The first kappa shape index (κ1) is 104. The third kappa shape index (κ3) is 27.0. The van der Waals surface area contributed by atoms with E-state index in [0.29, 0.717) is 52.9 Å². The molecule has 11 aromatic carbocycles. The van der Waals surface area contributed by atoms with Crippen molar-refractivity contribution >= 4 is 101 Å². The first-order valence-corrected chi connectivity index (χ1v) is 50.0. The van der Waals surface area contributed by atoms with Crippen molar-refractivity contribution in [3.05, 3.63) is 331 Å². The molecule has 690 valence electrons.